The van der Waals surface area contributed by atoms with Crippen molar-refractivity contribution in [3.05, 3.63) is 64.0 Å². The van der Waals surface area contributed by atoms with Crippen molar-refractivity contribution in [2.45, 2.75) is 13.0 Å². The number of ether oxygens (including phenoxy) is 1. The fourth-order valence-electron chi connectivity index (χ4n) is 4.24. The van der Waals surface area contributed by atoms with Crippen LogP contribution in [-0.4, -0.2) is 54.5 Å². The second-order valence-electron chi connectivity index (χ2n) is 8.09. The molecule has 0 bridgehead atoms. The molecule has 0 saturated carbocycles. The van der Waals surface area contributed by atoms with Crippen molar-refractivity contribution in [1.29, 1.82) is 0 Å². The third-order valence-electron chi connectivity index (χ3n) is 5.91. The molecule has 33 heavy (non-hydrogen) atoms. The van der Waals surface area contributed by atoms with Crippen LogP contribution in [0.5, 0.6) is 5.75 Å². The van der Waals surface area contributed by atoms with Gasteiger partial charge in [-0.2, -0.15) is 5.10 Å². The SMILES string of the molecule is C[C@H]1COc2c(N3CCNCC3)c(F)cc3c(=O)c(/C=N/NC(=O)c4ccncc4)cn1c23. The molecule has 2 aliphatic rings. The van der Waals surface area contributed by atoms with E-state index >= 15 is 4.39 Å². The molecule has 2 aliphatic heterocycles. The number of halogens is 1. The zero-order chi connectivity index (χ0) is 22.9. The molecule has 1 aromatic carbocycles. The first kappa shape index (κ1) is 21.1. The number of nitrogens with one attached hydrogen (secondary N) is 2. The normalized spacial score (nSPS) is 17.9. The molecular weight excluding hydrogens is 427 g/mol. The summed E-state index contributed by atoms with van der Waals surface area (Å²) in [4.78, 5) is 31.2. The smallest absolute Gasteiger partial charge is 0.271 e. The number of anilines is 1. The van der Waals surface area contributed by atoms with Crippen LogP contribution >= 0.6 is 0 Å². The Morgan fingerprint density at radius 3 is 2.85 bits per heavy atom. The molecule has 0 spiro atoms. The first-order valence-electron chi connectivity index (χ1n) is 10.8. The average Bonchev–Trinajstić information content (AvgIpc) is 2.84. The van der Waals surface area contributed by atoms with Gasteiger partial charge in [0.2, 0.25) is 0 Å². The maximum atomic E-state index is 15.3. The molecule has 2 aromatic heterocycles. The van der Waals surface area contributed by atoms with E-state index in [0.29, 0.717) is 42.2 Å². The van der Waals surface area contributed by atoms with E-state index in [1.54, 1.807) is 18.3 Å². The number of rotatable bonds is 4. The summed E-state index contributed by atoms with van der Waals surface area (Å²) in [6.45, 7) is 5.12. The number of carbonyl (C=O) groups is 1. The van der Waals surface area contributed by atoms with E-state index in [1.807, 2.05) is 16.4 Å². The van der Waals surface area contributed by atoms with Crippen molar-refractivity contribution >= 4 is 28.7 Å². The maximum Gasteiger partial charge on any atom is 0.271 e. The van der Waals surface area contributed by atoms with Crippen molar-refractivity contribution < 1.29 is 13.9 Å². The van der Waals surface area contributed by atoms with Crippen LogP contribution in [0.15, 0.2) is 46.7 Å². The average molecular weight is 450 g/mol. The van der Waals surface area contributed by atoms with Gasteiger partial charge in [-0.05, 0) is 25.1 Å². The van der Waals surface area contributed by atoms with E-state index in [-0.39, 0.29) is 22.4 Å². The number of carbonyl (C=O) groups excluding carboxylic acids is 1. The lowest BCUT2D eigenvalue weighted by Gasteiger charge is -2.34. The third-order valence-corrected chi connectivity index (χ3v) is 5.91. The summed E-state index contributed by atoms with van der Waals surface area (Å²) in [5.41, 5.74) is 3.63. The molecule has 1 saturated heterocycles. The Morgan fingerprint density at radius 2 is 2.09 bits per heavy atom. The van der Waals surface area contributed by atoms with Crippen molar-refractivity contribution in [3.63, 3.8) is 0 Å². The lowest BCUT2D eigenvalue weighted by atomic mass is 10.1. The number of hydrogen-bond donors (Lipinski definition) is 2. The Morgan fingerprint density at radius 1 is 1.33 bits per heavy atom. The van der Waals surface area contributed by atoms with Crippen molar-refractivity contribution in [1.82, 2.24) is 20.3 Å². The minimum atomic E-state index is -0.488. The van der Waals surface area contributed by atoms with Crippen LogP contribution in [0.25, 0.3) is 10.9 Å². The zero-order valence-electron chi connectivity index (χ0n) is 18.0. The number of hydrazone groups is 1. The van der Waals surface area contributed by atoms with Gasteiger partial charge in [-0.25, -0.2) is 9.82 Å². The van der Waals surface area contributed by atoms with Crippen LogP contribution in [0.2, 0.25) is 0 Å². The number of benzene rings is 1. The summed E-state index contributed by atoms with van der Waals surface area (Å²) in [6, 6.07) is 4.33. The van der Waals surface area contributed by atoms with Crippen LogP contribution < -0.4 is 25.8 Å². The van der Waals surface area contributed by atoms with Crippen LogP contribution in [-0.2, 0) is 0 Å². The number of piperazine rings is 1. The van der Waals surface area contributed by atoms with Crippen LogP contribution in [0.1, 0.15) is 28.9 Å². The van der Waals surface area contributed by atoms with Crippen molar-refractivity contribution in [2.75, 3.05) is 37.7 Å². The summed E-state index contributed by atoms with van der Waals surface area (Å²) in [5, 5.41) is 7.42. The minimum Gasteiger partial charge on any atom is -0.487 e. The fourth-order valence-corrected chi connectivity index (χ4v) is 4.24. The largest absolute Gasteiger partial charge is 0.487 e. The molecule has 2 N–H and O–H groups in total. The van der Waals surface area contributed by atoms with E-state index < -0.39 is 11.7 Å². The summed E-state index contributed by atoms with van der Waals surface area (Å²) in [7, 11) is 0. The highest BCUT2D eigenvalue weighted by Crippen LogP contribution is 2.41. The Bertz CT molecular complexity index is 1300. The highest BCUT2D eigenvalue weighted by Gasteiger charge is 2.29. The fraction of sp³-hybridized carbons (Fsp3) is 0.304. The van der Waals surface area contributed by atoms with Crippen molar-refractivity contribution in [2.24, 2.45) is 5.10 Å². The first-order chi connectivity index (χ1) is 16.0. The van der Waals surface area contributed by atoms with Crippen LogP contribution in [0.4, 0.5) is 10.1 Å². The van der Waals surface area contributed by atoms with E-state index in [4.69, 9.17) is 4.74 Å². The third kappa shape index (κ3) is 3.82. The van der Waals surface area contributed by atoms with Gasteiger partial charge in [-0.1, -0.05) is 0 Å². The molecule has 9 nitrogen and oxygen atoms in total. The van der Waals surface area contributed by atoms with Gasteiger partial charge in [0.25, 0.3) is 5.91 Å². The number of hydrogen-bond acceptors (Lipinski definition) is 7. The van der Waals surface area contributed by atoms with E-state index in [9.17, 15) is 9.59 Å². The molecule has 1 fully saturated rings. The Balaban J connectivity index is 1.55. The van der Waals surface area contributed by atoms with Crippen LogP contribution in [0, 0.1) is 5.82 Å². The van der Waals surface area contributed by atoms with Gasteiger partial charge in [0.15, 0.2) is 17.0 Å². The predicted octanol–water partition coefficient (Wildman–Crippen LogP) is 1.66. The topological polar surface area (TPSA) is 101 Å². The monoisotopic (exact) mass is 450 g/mol. The maximum absolute atomic E-state index is 15.3. The summed E-state index contributed by atoms with van der Waals surface area (Å²) in [5.74, 6) is -0.513. The van der Waals surface area contributed by atoms with Gasteiger partial charge in [0, 0.05) is 50.3 Å². The second kappa shape index (κ2) is 8.62. The standard InChI is InChI=1S/C23H23FN6O3/c1-14-13-33-22-19-17(10-18(24)20(22)29-8-6-26-7-9-29)21(31)16(12-30(14)19)11-27-28-23(32)15-2-4-25-5-3-15/h2-5,10-12,14,26H,6-9,13H2,1H3,(H,28,32)/b27-11+/t14-/m0/s1. The molecule has 170 valence electrons. The number of amides is 1. The van der Waals surface area contributed by atoms with E-state index in [1.165, 1.54) is 24.7 Å². The zero-order valence-corrected chi connectivity index (χ0v) is 18.0. The molecular formula is C23H23FN6O3. The number of aromatic nitrogens is 2. The molecule has 0 aliphatic carbocycles. The molecule has 1 amide bonds. The van der Waals surface area contributed by atoms with Gasteiger partial charge in [0.05, 0.1) is 28.7 Å². The molecule has 3 aromatic rings. The highest BCUT2D eigenvalue weighted by atomic mass is 19.1. The lowest BCUT2D eigenvalue weighted by molar-refractivity contribution is 0.0955. The summed E-state index contributed by atoms with van der Waals surface area (Å²) >= 11 is 0. The Kier molecular flexibility index (Phi) is 5.51. The van der Waals surface area contributed by atoms with Gasteiger partial charge in [0.1, 0.15) is 12.3 Å². The first-order valence-corrected chi connectivity index (χ1v) is 10.8. The van der Waals surface area contributed by atoms with Crippen LogP contribution in [0.3, 0.4) is 0 Å². The lowest BCUT2D eigenvalue weighted by Crippen LogP contribution is -2.44. The molecule has 5 rings (SSSR count). The minimum absolute atomic E-state index is 0.0690. The van der Waals surface area contributed by atoms with Gasteiger partial charge in [-0.3, -0.25) is 14.6 Å². The molecule has 10 heteroatoms. The molecule has 1 atom stereocenters. The number of pyridine rings is 2. The van der Waals surface area contributed by atoms with Gasteiger partial charge < -0.3 is 19.5 Å². The second-order valence-corrected chi connectivity index (χ2v) is 8.09. The Hall–Kier alpha value is -3.79. The van der Waals surface area contributed by atoms with E-state index in [2.05, 4.69) is 20.8 Å². The molecule has 0 unspecified atom stereocenters. The predicted molar refractivity (Wildman–Crippen MR) is 123 cm³/mol. The molecule has 0 radical (unpaired) electrons. The van der Waals surface area contributed by atoms with Gasteiger partial charge in [-0.15, -0.1) is 0 Å². The van der Waals surface area contributed by atoms with Crippen molar-refractivity contribution in [3.8, 4) is 5.75 Å². The van der Waals surface area contributed by atoms with E-state index in [0.717, 1.165) is 13.1 Å². The summed E-state index contributed by atoms with van der Waals surface area (Å²) < 4.78 is 23.2. The van der Waals surface area contributed by atoms with Gasteiger partial charge >= 0.3 is 0 Å². The number of nitrogens with zero attached hydrogens (tertiary/aromatic N) is 4. The Labute approximate surface area is 188 Å². The highest BCUT2D eigenvalue weighted by molar-refractivity contribution is 5.97. The quantitative estimate of drug-likeness (QED) is 0.463. The summed E-state index contributed by atoms with van der Waals surface area (Å²) in [6.07, 6.45) is 5.98. The molecule has 4 heterocycles.